The summed E-state index contributed by atoms with van der Waals surface area (Å²) in [6, 6.07) is 22.2. The number of carboxylic acids is 1. The summed E-state index contributed by atoms with van der Waals surface area (Å²) in [6.07, 6.45) is 0. The van der Waals surface area contributed by atoms with E-state index >= 15 is 0 Å². The van der Waals surface area contributed by atoms with Crippen molar-refractivity contribution in [1.29, 1.82) is 0 Å². The molecule has 0 aliphatic heterocycles. The number of aromatic carboxylic acids is 1. The van der Waals surface area contributed by atoms with E-state index in [0.717, 1.165) is 21.5 Å². The predicted octanol–water partition coefficient (Wildman–Crippen LogP) is 6.55. The van der Waals surface area contributed by atoms with Crippen LogP contribution in [0.1, 0.15) is 27.0 Å². The van der Waals surface area contributed by atoms with Gasteiger partial charge in [-0.25, -0.2) is 13.2 Å². The summed E-state index contributed by atoms with van der Waals surface area (Å²) in [5.74, 6) is -0.827. The van der Waals surface area contributed by atoms with Crippen molar-refractivity contribution < 1.29 is 28.2 Å². The first kappa shape index (κ1) is 26.1. The fourth-order valence-corrected chi connectivity index (χ4v) is 5.38. The number of aromatic hydroxyl groups is 1. The summed E-state index contributed by atoms with van der Waals surface area (Å²) in [5.41, 5.74) is 2.24. The van der Waals surface area contributed by atoms with Crippen LogP contribution in [-0.2, 0) is 16.6 Å². The Hall–Kier alpha value is -4.01. The number of ether oxygens (including phenoxy) is 1. The number of halogens is 1. The molecule has 7 nitrogen and oxygen atoms in total. The fraction of sp³-hybridized carbons (Fsp3) is 0.107. The molecule has 0 aliphatic rings. The van der Waals surface area contributed by atoms with Crippen molar-refractivity contribution in [1.82, 2.24) is 0 Å². The highest BCUT2D eigenvalue weighted by atomic mass is 35.5. The minimum Gasteiger partial charge on any atom is -0.507 e. The number of benzene rings is 4. The molecule has 0 spiro atoms. The summed E-state index contributed by atoms with van der Waals surface area (Å²) in [5, 5.41) is 20.1. The first-order valence-electron chi connectivity index (χ1n) is 11.2. The van der Waals surface area contributed by atoms with Crippen LogP contribution in [0.15, 0.2) is 89.8 Å². The van der Waals surface area contributed by atoms with Crippen molar-refractivity contribution in [2.24, 2.45) is 0 Å². The van der Waals surface area contributed by atoms with Gasteiger partial charge in [0.05, 0.1) is 17.1 Å². The molecule has 4 rings (SSSR count). The smallest absolute Gasteiger partial charge is 0.339 e. The van der Waals surface area contributed by atoms with Gasteiger partial charge in [-0.3, -0.25) is 4.31 Å². The van der Waals surface area contributed by atoms with E-state index in [0.29, 0.717) is 22.1 Å². The van der Waals surface area contributed by atoms with E-state index in [1.165, 1.54) is 24.3 Å². The van der Waals surface area contributed by atoms with E-state index in [9.17, 15) is 23.4 Å². The molecule has 0 fully saturated rings. The van der Waals surface area contributed by atoms with E-state index in [1.807, 2.05) is 19.9 Å². The second-order valence-electron chi connectivity index (χ2n) is 8.45. The molecule has 0 heterocycles. The molecule has 2 N–H and O–H groups in total. The molecule has 0 bridgehead atoms. The van der Waals surface area contributed by atoms with Crippen LogP contribution in [-0.4, -0.2) is 24.6 Å². The molecule has 0 saturated heterocycles. The zero-order chi connectivity index (χ0) is 26.7. The van der Waals surface area contributed by atoms with Crippen molar-refractivity contribution in [2.45, 2.75) is 25.3 Å². The molecule has 0 atom stereocenters. The minimum atomic E-state index is -4.11. The van der Waals surface area contributed by atoms with E-state index < -0.39 is 21.7 Å². The zero-order valence-electron chi connectivity index (χ0n) is 20.1. The number of hydrogen-bond donors (Lipinski definition) is 2. The normalized spacial score (nSPS) is 11.2. The van der Waals surface area contributed by atoms with Gasteiger partial charge in [0.1, 0.15) is 22.8 Å². The molecule has 0 saturated carbocycles. The maximum atomic E-state index is 13.7. The Morgan fingerprint density at radius 2 is 1.51 bits per heavy atom. The molecular formula is C28H24ClNO6S. The minimum absolute atomic E-state index is 0.000972. The Kier molecular flexibility index (Phi) is 7.42. The number of aryl methyl sites for hydroxylation is 2. The van der Waals surface area contributed by atoms with Gasteiger partial charge in [-0.2, -0.15) is 0 Å². The molecule has 0 aliphatic carbocycles. The van der Waals surface area contributed by atoms with E-state index in [1.54, 1.807) is 48.5 Å². The number of anilines is 1. The Balaban J connectivity index is 1.68. The van der Waals surface area contributed by atoms with Crippen molar-refractivity contribution in [3.05, 3.63) is 112 Å². The average Bonchev–Trinajstić information content (AvgIpc) is 2.86. The number of hydrogen-bond acceptors (Lipinski definition) is 5. The van der Waals surface area contributed by atoms with Gasteiger partial charge in [0.25, 0.3) is 10.0 Å². The second kappa shape index (κ2) is 10.5. The molecule has 0 amide bonds. The number of phenols is 1. The quantitative estimate of drug-likeness (QED) is 0.264. The van der Waals surface area contributed by atoms with Gasteiger partial charge >= 0.3 is 5.97 Å². The lowest BCUT2D eigenvalue weighted by atomic mass is 10.1. The van der Waals surface area contributed by atoms with Crippen LogP contribution in [0.2, 0.25) is 5.02 Å². The van der Waals surface area contributed by atoms with Crippen LogP contribution in [0.25, 0.3) is 0 Å². The molecule has 9 heteroatoms. The van der Waals surface area contributed by atoms with Crippen LogP contribution >= 0.6 is 11.6 Å². The lowest BCUT2D eigenvalue weighted by Crippen LogP contribution is -2.30. The molecule has 0 radical (unpaired) electrons. The zero-order valence-corrected chi connectivity index (χ0v) is 21.6. The highest BCUT2D eigenvalue weighted by Gasteiger charge is 2.26. The summed E-state index contributed by atoms with van der Waals surface area (Å²) in [4.78, 5) is 11.3. The van der Waals surface area contributed by atoms with E-state index in [-0.39, 0.29) is 22.7 Å². The van der Waals surface area contributed by atoms with Crippen LogP contribution in [0.3, 0.4) is 0 Å². The van der Waals surface area contributed by atoms with Crippen molar-refractivity contribution in [3.63, 3.8) is 0 Å². The maximum absolute atomic E-state index is 13.7. The molecule has 4 aromatic carbocycles. The van der Waals surface area contributed by atoms with Crippen molar-refractivity contribution in [2.75, 3.05) is 4.31 Å². The standard InChI is InChI=1S/C28H24ClNO6S/c1-18-14-23(15-19(2)27(18)29)36-22-9-11-24(12-10-22)37(34,35)30(17-20-6-4-3-5-7-20)21-8-13-25(28(32)33)26(31)16-21/h3-16,31H,17H2,1-2H3,(H,32,33). The van der Waals surface area contributed by atoms with Crippen LogP contribution in [0, 0.1) is 13.8 Å². The van der Waals surface area contributed by atoms with E-state index in [4.69, 9.17) is 16.3 Å². The molecule has 0 aromatic heterocycles. The average molecular weight is 538 g/mol. The topological polar surface area (TPSA) is 104 Å². The summed E-state index contributed by atoms with van der Waals surface area (Å²) in [7, 11) is -4.11. The lowest BCUT2D eigenvalue weighted by molar-refractivity contribution is 0.0693. The molecule has 0 unspecified atom stereocenters. The van der Waals surface area contributed by atoms with Crippen molar-refractivity contribution >= 4 is 33.3 Å². The summed E-state index contributed by atoms with van der Waals surface area (Å²) in [6.45, 7) is 3.72. The van der Waals surface area contributed by atoms with Crippen molar-refractivity contribution in [3.8, 4) is 17.2 Å². The third-order valence-corrected chi connectivity index (χ3v) is 8.11. The Morgan fingerprint density at radius 1 is 0.892 bits per heavy atom. The van der Waals surface area contributed by atoms with Gasteiger partial charge < -0.3 is 14.9 Å². The largest absolute Gasteiger partial charge is 0.507 e. The number of rotatable bonds is 8. The first-order valence-corrected chi connectivity index (χ1v) is 13.1. The lowest BCUT2D eigenvalue weighted by Gasteiger charge is -2.25. The molecule has 190 valence electrons. The van der Waals surface area contributed by atoms with Crippen LogP contribution in [0.5, 0.6) is 17.2 Å². The second-order valence-corrected chi connectivity index (χ2v) is 10.7. The summed E-state index contributed by atoms with van der Waals surface area (Å²) >= 11 is 6.22. The number of carbonyl (C=O) groups is 1. The Labute approximate surface area is 220 Å². The predicted molar refractivity (Wildman–Crippen MR) is 142 cm³/mol. The van der Waals surface area contributed by atoms with Crippen LogP contribution < -0.4 is 9.04 Å². The molecule has 37 heavy (non-hydrogen) atoms. The number of carboxylic acid groups (broad SMARTS) is 1. The monoisotopic (exact) mass is 537 g/mol. The maximum Gasteiger partial charge on any atom is 0.339 e. The van der Waals surface area contributed by atoms with Gasteiger partial charge in [-0.15, -0.1) is 0 Å². The Morgan fingerprint density at radius 3 is 2.08 bits per heavy atom. The Bertz CT molecular complexity index is 1530. The van der Waals surface area contributed by atoms with Gasteiger partial charge in [-0.05, 0) is 79.1 Å². The fourth-order valence-electron chi connectivity index (χ4n) is 3.83. The van der Waals surface area contributed by atoms with E-state index in [2.05, 4.69) is 0 Å². The van der Waals surface area contributed by atoms with Gasteiger partial charge in [-0.1, -0.05) is 41.9 Å². The molecular weight excluding hydrogens is 514 g/mol. The molecule has 4 aromatic rings. The third-order valence-electron chi connectivity index (χ3n) is 5.73. The van der Waals surface area contributed by atoms with Gasteiger partial charge in [0.2, 0.25) is 0 Å². The van der Waals surface area contributed by atoms with Gasteiger partial charge in [0.15, 0.2) is 0 Å². The van der Waals surface area contributed by atoms with Crippen LogP contribution in [0.4, 0.5) is 5.69 Å². The number of nitrogens with zero attached hydrogens (tertiary/aromatic N) is 1. The highest BCUT2D eigenvalue weighted by molar-refractivity contribution is 7.92. The first-order chi connectivity index (χ1) is 17.6. The summed E-state index contributed by atoms with van der Waals surface area (Å²) < 4.78 is 34.5. The highest BCUT2D eigenvalue weighted by Crippen LogP contribution is 2.33. The number of sulfonamides is 1. The van der Waals surface area contributed by atoms with Gasteiger partial charge in [0, 0.05) is 11.1 Å². The SMILES string of the molecule is Cc1cc(Oc2ccc(S(=O)(=O)N(Cc3ccccc3)c3ccc(C(=O)O)c(O)c3)cc2)cc(C)c1Cl. The third kappa shape index (κ3) is 5.71.